The lowest BCUT2D eigenvalue weighted by atomic mass is 10.2. The molecule has 0 unspecified atom stereocenters. The first-order chi connectivity index (χ1) is 6.94. The van der Waals surface area contributed by atoms with Crippen LogP contribution in [0.15, 0.2) is 24.3 Å². The molecule has 4 heteroatoms. The van der Waals surface area contributed by atoms with Gasteiger partial charge in [0, 0.05) is 0 Å². The van der Waals surface area contributed by atoms with Gasteiger partial charge in [0.2, 0.25) is 8.32 Å². The number of carbonyl (C=O) groups excluding carboxylic acids is 1. The lowest BCUT2D eigenvalue weighted by Crippen LogP contribution is -2.30. The van der Waals surface area contributed by atoms with Crippen molar-refractivity contribution in [1.29, 1.82) is 0 Å². The van der Waals surface area contributed by atoms with Crippen LogP contribution in [0.4, 0.5) is 0 Å². The molecule has 3 nitrogen and oxygen atoms in total. The summed E-state index contributed by atoms with van der Waals surface area (Å²) < 4.78 is 10.5. The molecule has 0 heterocycles. The maximum atomic E-state index is 11.4. The first kappa shape index (κ1) is 11.8. The molecule has 0 aliphatic rings. The van der Waals surface area contributed by atoms with E-state index in [0.717, 1.165) is 0 Å². The molecule has 0 bridgehead atoms. The summed E-state index contributed by atoms with van der Waals surface area (Å²) in [5, 5.41) is 0. The second kappa shape index (κ2) is 4.48. The van der Waals surface area contributed by atoms with E-state index < -0.39 is 8.32 Å². The fourth-order valence-corrected chi connectivity index (χ4v) is 2.00. The fraction of sp³-hybridized carbons (Fsp3) is 0.364. The molecule has 0 radical (unpaired) electrons. The minimum Gasteiger partial charge on any atom is -0.544 e. The normalized spacial score (nSPS) is 10.9. The van der Waals surface area contributed by atoms with Crippen molar-refractivity contribution in [2.45, 2.75) is 19.6 Å². The maximum absolute atomic E-state index is 11.4. The van der Waals surface area contributed by atoms with Crippen LogP contribution in [-0.2, 0) is 4.74 Å². The molecule has 1 rings (SSSR count). The van der Waals surface area contributed by atoms with Gasteiger partial charge in [0.05, 0.1) is 7.11 Å². The summed E-state index contributed by atoms with van der Waals surface area (Å²) in [6.07, 6.45) is 0. The lowest BCUT2D eigenvalue weighted by molar-refractivity contribution is 0.0598. The van der Waals surface area contributed by atoms with Gasteiger partial charge in [0.15, 0.2) is 0 Å². The highest BCUT2D eigenvalue weighted by Gasteiger charge is 2.20. The SMILES string of the molecule is COC(=O)c1ccccc1O[Si](C)(C)C. The lowest BCUT2D eigenvalue weighted by Gasteiger charge is -2.20. The Morgan fingerprint density at radius 1 is 1.20 bits per heavy atom. The summed E-state index contributed by atoms with van der Waals surface area (Å²) in [7, 11) is -0.327. The van der Waals surface area contributed by atoms with Gasteiger partial charge in [-0.15, -0.1) is 0 Å². The zero-order chi connectivity index (χ0) is 11.5. The van der Waals surface area contributed by atoms with Crippen molar-refractivity contribution in [2.75, 3.05) is 7.11 Å². The number of rotatable bonds is 3. The van der Waals surface area contributed by atoms with Gasteiger partial charge in [-0.1, -0.05) is 12.1 Å². The topological polar surface area (TPSA) is 35.5 Å². The van der Waals surface area contributed by atoms with Crippen LogP contribution < -0.4 is 4.43 Å². The standard InChI is InChI=1S/C11H16O3Si/c1-13-11(12)9-7-5-6-8-10(9)14-15(2,3)4/h5-8H,1-4H3. The van der Waals surface area contributed by atoms with E-state index in [0.29, 0.717) is 11.3 Å². The summed E-state index contributed by atoms with van der Waals surface area (Å²) in [5.74, 6) is 0.257. The van der Waals surface area contributed by atoms with Crippen LogP contribution in [0, 0.1) is 0 Å². The second-order valence-electron chi connectivity index (χ2n) is 4.20. The van der Waals surface area contributed by atoms with E-state index in [2.05, 4.69) is 24.4 Å². The molecule has 0 aliphatic carbocycles. The smallest absolute Gasteiger partial charge is 0.341 e. The molecule has 0 saturated carbocycles. The van der Waals surface area contributed by atoms with Gasteiger partial charge < -0.3 is 9.16 Å². The Bertz CT molecular complexity index is 355. The van der Waals surface area contributed by atoms with Gasteiger partial charge in [-0.2, -0.15) is 0 Å². The van der Waals surface area contributed by atoms with Gasteiger partial charge in [-0.3, -0.25) is 0 Å². The Morgan fingerprint density at radius 2 is 1.80 bits per heavy atom. The molecular weight excluding hydrogens is 208 g/mol. The number of hydrogen-bond acceptors (Lipinski definition) is 3. The van der Waals surface area contributed by atoms with Crippen LogP contribution >= 0.6 is 0 Å². The van der Waals surface area contributed by atoms with Crippen LogP contribution in [0.2, 0.25) is 19.6 Å². The maximum Gasteiger partial charge on any atom is 0.341 e. The molecule has 0 N–H and O–H groups in total. The second-order valence-corrected chi connectivity index (χ2v) is 8.63. The first-order valence-electron chi connectivity index (χ1n) is 4.80. The third kappa shape index (κ3) is 3.40. The number of methoxy groups -OCH3 is 1. The molecule has 0 atom stereocenters. The number of para-hydroxylation sites is 1. The highest BCUT2D eigenvalue weighted by atomic mass is 28.4. The average Bonchev–Trinajstić information content (AvgIpc) is 2.15. The van der Waals surface area contributed by atoms with Gasteiger partial charge >= 0.3 is 5.97 Å². The van der Waals surface area contributed by atoms with Crippen molar-refractivity contribution in [1.82, 2.24) is 0 Å². The highest BCUT2D eigenvalue weighted by Crippen LogP contribution is 2.22. The van der Waals surface area contributed by atoms with E-state index in [1.807, 2.05) is 6.07 Å². The Hall–Kier alpha value is -1.29. The Morgan fingerprint density at radius 3 is 2.33 bits per heavy atom. The number of ether oxygens (including phenoxy) is 1. The zero-order valence-corrected chi connectivity index (χ0v) is 10.5. The van der Waals surface area contributed by atoms with Crippen molar-refractivity contribution in [3.8, 4) is 5.75 Å². The minimum atomic E-state index is -1.70. The van der Waals surface area contributed by atoms with Gasteiger partial charge in [-0.05, 0) is 31.8 Å². The van der Waals surface area contributed by atoms with Crippen LogP contribution in [0.3, 0.4) is 0 Å². The van der Waals surface area contributed by atoms with E-state index in [4.69, 9.17) is 4.43 Å². The van der Waals surface area contributed by atoms with E-state index in [-0.39, 0.29) is 5.97 Å². The predicted octanol–water partition coefficient (Wildman–Crippen LogP) is 2.69. The predicted molar refractivity (Wildman–Crippen MR) is 61.8 cm³/mol. The zero-order valence-electron chi connectivity index (χ0n) is 9.53. The number of carbonyl (C=O) groups is 1. The Kier molecular flexibility index (Phi) is 3.52. The summed E-state index contributed by atoms with van der Waals surface area (Å²) in [6.45, 7) is 6.21. The van der Waals surface area contributed by atoms with E-state index >= 15 is 0 Å². The molecule has 0 aromatic heterocycles. The third-order valence-corrected chi connectivity index (χ3v) is 2.54. The highest BCUT2D eigenvalue weighted by molar-refractivity contribution is 6.70. The summed E-state index contributed by atoms with van der Waals surface area (Å²) in [4.78, 5) is 11.4. The molecule has 15 heavy (non-hydrogen) atoms. The van der Waals surface area contributed by atoms with E-state index in [1.165, 1.54) is 7.11 Å². The van der Waals surface area contributed by atoms with Gasteiger partial charge in [0.1, 0.15) is 11.3 Å². The van der Waals surface area contributed by atoms with Gasteiger partial charge in [0.25, 0.3) is 0 Å². The molecular formula is C11H16O3Si. The molecule has 0 fully saturated rings. The molecule has 1 aromatic rings. The minimum absolute atomic E-state index is 0.358. The van der Waals surface area contributed by atoms with Crippen molar-refractivity contribution in [3.63, 3.8) is 0 Å². The van der Waals surface area contributed by atoms with Crippen molar-refractivity contribution in [2.24, 2.45) is 0 Å². The van der Waals surface area contributed by atoms with E-state index in [1.54, 1.807) is 18.2 Å². The number of esters is 1. The molecule has 0 aliphatic heterocycles. The monoisotopic (exact) mass is 224 g/mol. The van der Waals surface area contributed by atoms with Crippen LogP contribution in [0.25, 0.3) is 0 Å². The van der Waals surface area contributed by atoms with Crippen LogP contribution in [0.1, 0.15) is 10.4 Å². The fourth-order valence-electron chi connectivity index (χ4n) is 1.16. The summed E-state index contributed by atoms with van der Waals surface area (Å²) in [5.41, 5.74) is 0.488. The molecule has 0 spiro atoms. The van der Waals surface area contributed by atoms with Crippen LogP contribution in [-0.4, -0.2) is 21.4 Å². The van der Waals surface area contributed by atoms with Crippen LogP contribution in [0.5, 0.6) is 5.75 Å². The molecule has 0 amide bonds. The quantitative estimate of drug-likeness (QED) is 0.585. The van der Waals surface area contributed by atoms with Crippen molar-refractivity contribution in [3.05, 3.63) is 29.8 Å². The Labute approximate surface area is 91.1 Å². The average molecular weight is 224 g/mol. The first-order valence-corrected chi connectivity index (χ1v) is 8.21. The number of benzene rings is 1. The number of hydrogen-bond donors (Lipinski definition) is 0. The summed E-state index contributed by atoms with van der Waals surface area (Å²) >= 11 is 0. The van der Waals surface area contributed by atoms with Crippen molar-refractivity contribution >= 4 is 14.3 Å². The largest absolute Gasteiger partial charge is 0.544 e. The molecule has 1 aromatic carbocycles. The van der Waals surface area contributed by atoms with E-state index in [9.17, 15) is 4.79 Å². The molecule has 82 valence electrons. The van der Waals surface area contributed by atoms with Gasteiger partial charge in [-0.25, -0.2) is 4.79 Å². The Balaban J connectivity index is 3.02. The summed E-state index contributed by atoms with van der Waals surface area (Å²) in [6, 6.07) is 7.15. The molecule has 0 saturated heterocycles. The third-order valence-electron chi connectivity index (χ3n) is 1.71. The van der Waals surface area contributed by atoms with Crippen molar-refractivity contribution < 1.29 is 14.0 Å².